The van der Waals surface area contributed by atoms with Crippen molar-refractivity contribution in [2.45, 2.75) is 18.6 Å². The van der Waals surface area contributed by atoms with Crippen molar-refractivity contribution in [3.63, 3.8) is 0 Å². The molecule has 2 fully saturated rings. The predicted molar refractivity (Wildman–Crippen MR) is 101 cm³/mol. The van der Waals surface area contributed by atoms with E-state index in [1.807, 2.05) is 0 Å². The Kier molecular flexibility index (Phi) is 5.28. The number of anilines is 1. The van der Waals surface area contributed by atoms with Gasteiger partial charge in [0.15, 0.2) is 0 Å². The van der Waals surface area contributed by atoms with Crippen LogP contribution in [-0.4, -0.2) is 55.7 Å². The van der Waals surface area contributed by atoms with Gasteiger partial charge in [0.1, 0.15) is 12.2 Å². The lowest BCUT2D eigenvalue weighted by molar-refractivity contribution is -0.128. The number of carbonyl (C=O) groups excluding carboxylic acids is 1. The highest BCUT2D eigenvalue weighted by Gasteiger charge is 2.44. The molecule has 6 nitrogen and oxygen atoms in total. The van der Waals surface area contributed by atoms with Gasteiger partial charge in [0, 0.05) is 43.4 Å². The molecule has 2 N–H and O–H groups in total. The van der Waals surface area contributed by atoms with Gasteiger partial charge in [-0.1, -0.05) is 0 Å². The molecule has 0 aliphatic carbocycles. The van der Waals surface area contributed by atoms with E-state index in [9.17, 15) is 23.2 Å². The first-order valence-corrected chi connectivity index (χ1v) is 9.45. The number of alkyl halides is 3. The molecule has 4 rings (SSSR count). The van der Waals surface area contributed by atoms with Gasteiger partial charge >= 0.3 is 0 Å². The summed E-state index contributed by atoms with van der Waals surface area (Å²) < 4.78 is 41.2. The number of fused-ring (bicyclic) bond motifs is 1. The van der Waals surface area contributed by atoms with Gasteiger partial charge < -0.3 is 15.5 Å². The van der Waals surface area contributed by atoms with Crippen molar-refractivity contribution < 1.29 is 18.0 Å². The molecule has 9 heteroatoms. The lowest BCUT2D eigenvalue weighted by Gasteiger charge is -2.21. The van der Waals surface area contributed by atoms with E-state index in [-0.39, 0.29) is 26.2 Å². The normalized spacial score (nSPS) is 26.8. The molecule has 2 aromatic rings. The molecular formula is C20H20F3N5O. The number of nitrogens with zero attached hydrogens (tertiary/aromatic N) is 3. The van der Waals surface area contributed by atoms with E-state index in [4.69, 9.17) is 0 Å². The van der Waals surface area contributed by atoms with E-state index in [2.05, 4.69) is 21.7 Å². The second-order valence-electron chi connectivity index (χ2n) is 7.44. The Labute approximate surface area is 165 Å². The van der Waals surface area contributed by atoms with E-state index in [0.717, 1.165) is 0 Å². The number of aromatic nitrogens is 1. The summed E-state index contributed by atoms with van der Waals surface area (Å²) in [6.07, 6.45) is -2.34. The molecule has 0 bridgehead atoms. The molecule has 2 aliphatic rings. The van der Waals surface area contributed by atoms with Crippen LogP contribution in [-0.2, 0) is 4.79 Å². The van der Waals surface area contributed by atoms with Gasteiger partial charge in [0.05, 0.1) is 29.0 Å². The van der Waals surface area contributed by atoms with Crippen LogP contribution in [0.25, 0.3) is 10.9 Å². The smallest absolute Gasteiger partial charge is 0.243 e. The van der Waals surface area contributed by atoms with Gasteiger partial charge in [-0.05, 0) is 24.3 Å². The highest BCUT2D eigenvalue weighted by Crippen LogP contribution is 2.36. The van der Waals surface area contributed by atoms with Crippen LogP contribution in [0.1, 0.15) is 5.56 Å². The van der Waals surface area contributed by atoms with E-state index < -0.39 is 36.4 Å². The van der Waals surface area contributed by atoms with Crippen LogP contribution in [0.5, 0.6) is 0 Å². The van der Waals surface area contributed by atoms with Crippen LogP contribution in [0.4, 0.5) is 18.9 Å². The molecule has 2 aliphatic heterocycles. The van der Waals surface area contributed by atoms with Gasteiger partial charge in [-0.2, -0.15) is 5.26 Å². The second-order valence-corrected chi connectivity index (χ2v) is 7.44. The van der Waals surface area contributed by atoms with Gasteiger partial charge in [0.2, 0.25) is 12.3 Å². The van der Waals surface area contributed by atoms with Crippen LogP contribution < -0.4 is 15.5 Å². The molecule has 1 aromatic carbocycles. The monoisotopic (exact) mass is 403 g/mol. The average molecular weight is 403 g/mol. The summed E-state index contributed by atoms with van der Waals surface area (Å²) in [5.41, 5.74) is 1.54. The van der Waals surface area contributed by atoms with Gasteiger partial charge in [-0.25, -0.2) is 13.2 Å². The Balaban J connectivity index is 1.61. The molecule has 1 unspecified atom stereocenters. The number of pyridine rings is 1. The lowest BCUT2D eigenvalue weighted by atomic mass is 9.95. The van der Waals surface area contributed by atoms with Gasteiger partial charge in [-0.15, -0.1) is 0 Å². The summed E-state index contributed by atoms with van der Waals surface area (Å²) >= 11 is 0. The standard InChI is InChI=1S/C20H20F3N5O/c21-15-7-25-8-16(15)27-20(29)14-10-28(9-13(14)19(22)23)17-4-3-11(6-24)18-12(17)2-1-5-26-18/h1-5,13-16,19,25H,7-10H2,(H,27,29)/t13?,14-,15-,16+/m1/s1. The number of hydrogen-bond acceptors (Lipinski definition) is 5. The minimum Gasteiger partial charge on any atom is -0.370 e. The molecule has 4 atom stereocenters. The third kappa shape index (κ3) is 3.60. The summed E-state index contributed by atoms with van der Waals surface area (Å²) in [4.78, 5) is 18.7. The Morgan fingerprint density at radius 2 is 2.14 bits per heavy atom. The number of amides is 1. The maximum atomic E-state index is 13.8. The van der Waals surface area contributed by atoms with E-state index in [0.29, 0.717) is 22.2 Å². The molecule has 0 spiro atoms. The van der Waals surface area contributed by atoms with Crippen LogP contribution in [0, 0.1) is 23.2 Å². The Bertz CT molecular complexity index is 963. The first kappa shape index (κ1) is 19.5. The first-order chi connectivity index (χ1) is 14.0. The number of hydrogen-bond donors (Lipinski definition) is 2. The Hall–Kier alpha value is -2.86. The number of rotatable bonds is 4. The van der Waals surface area contributed by atoms with Crippen LogP contribution >= 0.6 is 0 Å². The summed E-state index contributed by atoms with van der Waals surface area (Å²) in [5, 5.41) is 15.4. The largest absolute Gasteiger partial charge is 0.370 e. The molecule has 1 amide bonds. The van der Waals surface area contributed by atoms with Crippen LogP contribution in [0.2, 0.25) is 0 Å². The topological polar surface area (TPSA) is 81.0 Å². The fraction of sp³-hybridized carbons (Fsp3) is 0.450. The van der Waals surface area contributed by atoms with Crippen molar-refractivity contribution in [2.75, 3.05) is 31.1 Å². The van der Waals surface area contributed by atoms with Crippen molar-refractivity contribution >= 4 is 22.5 Å². The zero-order chi connectivity index (χ0) is 20.5. The third-order valence-electron chi connectivity index (χ3n) is 5.70. The minimum atomic E-state index is -2.68. The number of benzene rings is 1. The van der Waals surface area contributed by atoms with Crippen molar-refractivity contribution in [1.29, 1.82) is 5.26 Å². The van der Waals surface area contributed by atoms with Crippen LogP contribution in [0.15, 0.2) is 30.5 Å². The number of halogens is 3. The number of nitriles is 1. The number of nitrogens with one attached hydrogen (secondary N) is 2. The quantitative estimate of drug-likeness (QED) is 0.815. The van der Waals surface area contributed by atoms with E-state index >= 15 is 0 Å². The fourth-order valence-electron chi connectivity index (χ4n) is 4.16. The summed E-state index contributed by atoms with van der Waals surface area (Å²) in [6, 6.07) is 8.18. The van der Waals surface area contributed by atoms with Gasteiger partial charge in [-0.3, -0.25) is 9.78 Å². The SMILES string of the molecule is N#Cc1ccc(N2CC(C(F)F)[C@H](C(=O)N[C@H]3CNC[C@H]3F)C2)c2cccnc12. The highest BCUT2D eigenvalue weighted by molar-refractivity contribution is 5.95. The molecule has 1 aromatic heterocycles. The van der Waals surface area contributed by atoms with E-state index in [1.165, 1.54) is 0 Å². The molecule has 152 valence electrons. The molecule has 29 heavy (non-hydrogen) atoms. The zero-order valence-corrected chi connectivity index (χ0v) is 15.5. The number of carbonyl (C=O) groups is 1. The molecule has 3 heterocycles. The molecular weight excluding hydrogens is 383 g/mol. The lowest BCUT2D eigenvalue weighted by Crippen LogP contribution is -2.46. The Morgan fingerprint density at radius 1 is 1.31 bits per heavy atom. The van der Waals surface area contributed by atoms with Gasteiger partial charge in [0.25, 0.3) is 0 Å². The zero-order valence-electron chi connectivity index (χ0n) is 15.5. The first-order valence-electron chi connectivity index (χ1n) is 9.45. The summed E-state index contributed by atoms with van der Waals surface area (Å²) in [5.74, 6) is -2.67. The summed E-state index contributed by atoms with van der Waals surface area (Å²) in [7, 11) is 0. The highest BCUT2D eigenvalue weighted by atomic mass is 19.3. The maximum Gasteiger partial charge on any atom is 0.243 e. The van der Waals surface area contributed by atoms with Crippen molar-refractivity contribution in [1.82, 2.24) is 15.6 Å². The minimum absolute atomic E-state index is 0.00633. The average Bonchev–Trinajstić information content (AvgIpc) is 3.34. The van der Waals surface area contributed by atoms with Crippen molar-refractivity contribution in [2.24, 2.45) is 11.8 Å². The second kappa shape index (κ2) is 7.87. The molecule has 2 saturated heterocycles. The van der Waals surface area contributed by atoms with Crippen molar-refractivity contribution in [3.05, 3.63) is 36.0 Å². The molecule has 0 radical (unpaired) electrons. The van der Waals surface area contributed by atoms with Crippen molar-refractivity contribution in [3.8, 4) is 6.07 Å². The van der Waals surface area contributed by atoms with E-state index in [1.54, 1.807) is 35.4 Å². The van der Waals surface area contributed by atoms with Crippen LogP contribution in [0.3, 0.4) is 0 Å². The molecule has 0 saturated carbocycles. The summed E-state index contributed by atoms with van der Waals surface area (Å²) in [6.45, 7) is 0.514. The fourth-order valence-corrected chi connectivity index (χ4v) is 4.16. The Morgan fingerprint density at radius 3 is 2.83 bits per heavy atom. The third-order valence-corrected chi connectivity index (χ3v) is 5.70. The maximum absolute atomic E-state index is 13.8. The predicted octanol–water partition coefficient (Wildman–Crippen LogP) is 1.85.